The first-order chi connectivity index (χ1) is 8.08. The molecule has 0 aromatic heterocycles. The van der Waals surface area contributed by atoms with Crippen molar-refractivity contribution < 1.29 is 4.43 Å². The molecule has 1 rings (SSSR count). The summed E-state index contributed by atoms with van der Waals surface area (Å²) in [5, 5.41) is 0.811. The molecular formula is C14H23ClOSi. The highest BCUT2D eigenvalue weighted by Gasteiger charge is 2.31. The molecule has 0 radical (unpaired) electrons. The van der Waals surface area contributed by atoms with Crippen LogP contribution in [0.5, 0.6) is 0 Å². The van der Waals surface area contributed by atoms with Crippen LogP contribution in [0.4, 0.5) is 0 Å². The molecule has 0 saturated heterocycles. The summed E-state index contributed by atoms with van der Waals surface area (Å²) in [5.41, 5.74) is 1.11. The van der Waals surface area contributed by atoms with Crippen LogP contribution in [0.25, 0.3) is 0 Å². The van der Waals surface area contributed by atoms with Crippen molar-refractivity contribution in [3.05, 3.63) is 34.9 Å². The zero-order valence-electron chi connectivity index (χ0n) is 11.3. The van der Waals surface area contributed by atoms with Crippen molar-refractivity contribution in [2.24, 2.45) is 0 Å². The molecule has 0 bridgehead atoms. The van der Waals surface area contributed by atoms with E-state index in [0.29, 0.717) is 0 Å². The van der Waals surface area contributed by atoms with E-state index in [1.165, 1.54) is 18.1 Å². The lowest BCUT2D eigenvalue weighted by molar-refractivity contribution is 0.210. The third-order valence-corrected chi connectivity index (χ3v) is 8.77. The van der Waals surface area contributed by atoms with E-state index in [1.807, 2.05) is 18.2 Å². The largest absolute Gasteiger partial charge is 0.410 e. The van der Waals surface area contributed by atoms with Gasteiger partial charge in [0, 0.05) is 5.02 Å². The van der Waals surface area contributed by atoms with Gasteiger partial charge in [-0.1, -0.05) is 50.6 Å². The topological polar surface area (TPSA) is 9.23 Å². The Morgan fingerprint density at radius 2 is 1.65 bits per heavy atom. The molecule has 0 heterocycles. The summed E-state index contributed by atoms with van der Waals surface area (Å²) in [6, 6.07) is 11.5. The molecular weight excluding hydrogens is 248 g/mol. The van der Waals surface area contributed by atoms with Gasteiger partial charge < -0.3 is 4.43 Å². The molecule has 1 aromatic carbocycles. The molecule has 1 nitrogen and oxygen atoms in total. The average Bonchev–Trinajstić information content (AvgIpc) is 2.36. The van der Waals surface area contributed by atoms with E-state index in [0.717, 1.165) is 10.6 Å². The zero-order chi connectivity index (χ0) is 12.9. The van der Waals surface area contributed by atoms with Gasteiger partial charge in [0.05, 0.1) is 6.10 Å². The zero-order valence-corrected chi connectivity index (χ0v) is 13.1. The highest BCUT2D eigenvalue weighted by molar-refractivity contribution is 6.73. The third kappa shape index (κ3) is 3.57. The lowest BCUT2D eigenvalue weighted by Crippen LogP contribution is -2.36. The molecule has 0 saturated carbocycles. The van der Waals surface area contributed by atoms with Gasteiger partial charge in [-0.05, 0) is 36.7 Å². The summed E-state index contributed by atoms with van der Waals surface area (Å²) in [5.74, 6) is 0. The van der Waals surface area contributed by atoms with Crippen molar-refractivity contribution in [3.8, 4) is 0 Å². The van der Waals surface area contributed by atoms with Crippen LogP contribution in [0.1, 0.15) is 39.4 Å². The fraction of sp³-hybridized carbons (Fsp3) is 0.571. The first-order valence-corrected chi connectivity index (χ1v) is 9.41. The summed E-state index contributed by atoms with van der Waals surface area (Å²) >= 11 is 6.21. The van der Waals surface area contributed by atoms with Crippen LogP contribution in [-0.2, 0) is 4.43 Å². The van der Waals surface area contributed by atoms with Gasteiger partial charge in [0.1, 0.15) is 0 Å². The van der Waals surface area contributed by atoms with Gasteiger partial charge in [0.2, 0.25) is 0 Å². The van der Waals surface area contributed by atoms with Crippen LogP contribution in [0.15, 0.2) is 24.3 Å². The standard InChI is InChI=1S/C14H23ClOSi/c1-5-17(6-2,7-3)16-12(4)13-10-8-9-11-14(13)15/h8-12H,5-7H2,1-4H3. The SMILES string of the molecule is CC[Si](CC)(CC)OC(C)c1ccccc1Cl. The van der Waals surface area contributed by atoms with Crippen LogP contribution < -0.4 is 0 Å². The van der Waals surface area contributed by atoms with E-state index in [4.69, 9.17) is 16.0 Å². The van der Waals surface area contributed by atoms with E-state index in [1.54, 1.807) is 0 Å². The number of hydrogen-bond acceptors (Lipinski definition) is 1. The second-order valence-corrected chi connectivity index (χ2v) is 9.66. The minimum atomic E-state index is -1.54. The number of benzene rings is 1. The Bertz CT molecular complexity index is 342. The molecule has 1 aromatic rings. The van der Waals surface area contributed by atoms with Gasteiger partial charge in [-0.3, -0.25) is 0 Å². The quantitative estimate of drug-likeness (QED) is 0.627. The Labute approximate surface area is 111 Å². The molecule has 17 heavy (non-hydrogen) atoms. The Kier molecular flexibility index (Phi) is 5.70. The van der Waals surface area contributed by atoms with Crippen LogP contribution in [0.2, 0.25) is 23.2 Å². The number of hydrogen-bond donors (Lipinski definition) is 0. The second-order valence-electron chi connectivity index (χ2n) is 4.53. The predicted octanol–water partition coefficient (Wildman–Crippen LogP) is 5.42. The van der Waals surface area contributed by atoms with E-state index >= 15 is 0 Å². The molecule has 0 aliphatic rings. The molecule has 0 spiro atoms. The van der Waals surface area contributed by atoms with Gasteiger partial charge in [-0.15, -0.1) is 0 Å². The maximum absolute atomic E-state index is 6.41. The van der Waals surface area contributed by atoms with E-state index in [-0.39, 0.29) is 6.10 Å². The Hall–Kier alpha value is -0.313. The van der Waals surface area contributed by atoms with Gasteiger partial charge in [-0.2, -0.15) is 0 Å². The van der Waals surface area contributed by atoms with Crippen LogP contribution in [-0.4, -0.2) is 8.32 Å². The smallest absolute Gasteiger partial charge is 0.192 e. The van der Waals surface area contributed by atoms with Crippen LogP contribution in [0, 0.1) is 0 Å². The highest BCUT2D eigenvalue weighted by Crippen LogP contribution is 2.32. The maximum Gasteiger partial charge on any atom is 0.192 e. The van der Waals surface area contributed by atoms with Gasteiger partial charge >= 0.3 is 0 Å². The monoisotopic (exact) mass is 270 g/mol. The highest BCUT2D eigenvalue weighted by atomic mass is 35.5. The first-order valence-electron chi connectivity index (χ1n) is 6.50. The fourth-order valence-electron chi connectivity index (χ4n) is 2.24. The normalized spacial score (nSPS) is 13.7. The molecule has 0 aliphatic carbocycles. The summed E-state index contributed by atoms with van der Waals surface area (Å²) in [6.45, 7) is 8.86. The summed E-state index contributed by atoms with van der Waals surface area (Å²) in [6.07, 6.45) is 0.107. The molecule has 1 atom stereocenters. The minimum Gasteiger partial charge on any atom is -0.410 e. The molecule has 0 aliphatic heterocycles. The fourth-order valence-corrected chi connectivity index (χ4v) is 5.41. The summed E-state index contributed by atoms with van der Waals surface area (Å²) in [7, 11) is -1.54. The Balaban J connectivity index is 2.84. The number of halogens is 1. The first kappa shape index (κ1) is 14.7. The van der Waals surface area contributed by atoms with Crippen molar-refractivity contribution in [3.63, 3.8) is 0 Å². The van der Waals surface area contributed by atoms with Crippen molar-refractivity contribution >= 4 is 19.9 Å². The van der Waals surface area contributed by atoms with Crippen LogP contribution >= 0.6 is 11.6 Å². The molecule has 96 valence electrons. The molecule has 0 amide bonds. The summed E-state index contributed by atoms with van der Waals surface area (Å²) in [4.78, 5) is 0. The van der Waals surface area contributed by atoms with Crippen molar-refractivity contribution in [1.29, 1.82) is 0 Å². The summed E-state index contributed by atoms with van der Waals surface area (Å²) < 4.78 is 6.41. The lowest BCUT2D eigenvalue weighted by Gasteiger charge is -2.32. The van der Waals surface area contributed by atoms with Crippen molar-refractivity contribution in [2.45, 2.75) is 51.9 Å². The lowest BCUT2D eigenvalue weighted by atomic mass is 10.1. The minimum absolute atomic E-state index is 0.107. The Morgan fingerprint density at radius 1 is 1.12 bits per heavy atom. The Morgan fingerprint density at radius 3 is 2.12 bits per heavy atom. The maximum atomic E-state index is 6.41. The molecule has 1 unspecified atom stereocenters. The molecule has 3 heteroatoms. The predicted molar refractivity (Wildman–Crippen MR) is 78.1 cm³/mol. The molecule has 0 N–H and O–H groups in total. The number of rotatable bonds is 6. The van der Waals surface area contributed by atoms with Crippen molar-refractivity contribution in [1.82, 2.24) is 0 Å². The van der Waals surface area contributed by atoms with E-state index < -0.39 is 8.32 Å². The van der Waals surface area contributed by atoms with Crippen LogP contribution in [0.3, 0.4) is 0 Å². The average molecular weight is 271 g/mol. The van der Waals surface area contributed by atoms with Gasteiger partial charge in [0.25, 0.3) is 0 Å². The molecule has 0 fully saturated rings. The second kappa shape index (κ2) is 6.57. The van der Waals surface area contributed by atoms with Gasteiger partial charge in [-0.25, -0.2) is 0 Å². The third-order valence-electron chi connectivity index (χ3n) is 3.70. The van der Waals surface area contributed by atoms with E-state index in [2.05, 4.69) is 33.8 Å². The van der Waals surface area contributed by atoms with Gasteiger partial charge in [0.15, 0.2) is 8.32 Å². The van der Waals surface area contributed by atoms with E-state index in [9.17, 15) is 0 Å². The van der Waals surface area contributed by atoms with Crippen molar-refractivity contribution in [2.75, 3.05) is 0 Å².